The van der Waals surface area contributed by atoms with Crippen LogP contribution in [0.25, 0.3) is 0 Å². The molecule has 0 heterocycles. The summed E-state index contributed by atoms with van der Waals surface area (Å²) in [5.74, 6) is -1.59. The van der Waals surface area contributed by atoms with Gasteiger partial charge in [0.05, 0.1) is 22.2 Å². The van der Waals surface area contributed by atoms with E-state index in [1.807, 2.05) is 0 Å². The van der Waals surface area contributed by atoms with Crippen molar-refractivity contribution in [2.24, 2.45) is 0 Å². The van der Waals surface area contributed by atoms with E-state index < -0.39 is 35.4 Å². The molecule has 9 heteroatoms. The Balaban J connectivity index is 1.86. The van der Waals surface area contributed by atoms with Crippen molar-refractivity contribution >= 4 is 23.4 Å². The van der Waals surface area contributed by atoms with E-state index in [9.17, 15) is 27.2 Å². The molecule has 1 atom stereocenters. The third kappa shape index (κ3) is 5.95. The van der Waals surface area contributed by atoms with Crippen molar-refractivity contribution in [2.45, 2.75) is 25.6 Å². The van der Waals surface area contributed by atoms with Gasteiger partial charge in [0.25, 0.3) is 5.91 Å². The number of amides is 2. The van der Waals surface area contributed by atoms with Crippen LogP contribution in [0.2, 0.25) is 5.02 Å². The summed E-state index contributed by atoms with van der Waals surface area (Å²) in [4.78, 5) is 24.0. The van der Waals surface area contributed by atoms with E-state index in [-0.39, 0.29) is 23.6 Å². The lowest BCUT2D eigenvalue weighted by Gasteiger charge is -2.16. The van der Waals surface area contributed by atoms with Gasteiger partial charge in [-0.1, -0.05) is 23.7 Å². The van der Waals surface area contributed by atoms with E-state index >= 15 is 0 Å². The molecule has 0 aliphatic heterocycles. The Morgan fingerprint density at radius 1 is 1.14 bits per heavy atom. The van der Waals surface area contributed by atoms with E-state index in [0.717, 1.165) is 24.3 Å². The SMILES string of the molecule is C[C@@H](NC(=O)CCNC(=O)c1ccc(F)cc1Cl)c1cccc(C(F)(F)F)c1. The van der Waals surface area contributed by atoms with Crippen molar-refractivity contribution < 1.29 is 27.2 Å². The maximum Gasteiger partial charge on any atom is 0.416 e. The Kier molecular flexibility index (Phi) is 7.01. The Bertz CT molecular complexity index is 871. The van der Waals surface area contributed by atoms with Crippen molar-refractivity contribution in [1.82, 2.24) is 10.6 Å². The molecular weight excluding hydrogens is 400 g/mol. The van der Waals surface area contributed by atoms with Crippen molar-refractivity contribution in [3.63, 3.8) is 0 Å². The second kappa shape index (κ2) is 9.05. The standard InChI is InChI=1S/C19H17ClF4N2O2/c1-11(12-3-2-4-13(9-12)19(22,23)24)26-17(27)7-8-25-18(28)15-6-5-14(21)10-16(15)20/h2-6,9-11H,7-8H2,1H3,(H,25,28)(H,26,27)/t11-/m1/s1. The molecule has 2 rings (SSSR count). The minimum Gasteiger partial charge on any atom is -0.351 e. The number of hydrogen-bond donors (Lipinski definition) is 2. The third-order valence-electron chi connectivity index (χ3n) is 3.90. The van der Waals surface area contributed by atoms with Crippen LogP contribution < -0.4 is 10.6 Å². The number of nitrogens with one attached hydrogen (secondary N) is 2. The van der Waals surface area contributed by atoms with Gasteiger partial charge in [0.1, 0.15) is 5.82 Å². The summed E-state index contributed by atoms with van der Waals surface area (Å²) in [6, 6.07) is 7.35. The number of rotatable bonds is 6. The molecule has 150 valence electrons. The van der Waals surface area contributed by atoms with E-state index in [4.69, 9.17) is 11.6 Å². The van der Waals surface area contributed by atoms with Crippen LogP contribution in [0.1, 0.15) is 40.9 Å². The second-order valence-corrected chi connectivity index (χ2v) is 6.45. The van der Waals surface area contributed by atoms with Gasteiger partial charge in [-0.25, -0.2) is 4.39 Å². The predicted molar refractivity (Wildman–Crippen MR) is 96.4 cm³/mol. The number of carbonyl (C=O) groups excluding carboxylic acids is 2. The van der Waals surface area contributed by atoms with Gasteiger partial charge in [0, 0.05) is 13.0 Å². The van der Waals surface area contributed by atoms with Crippen molar-refractivity contribution in [2.75, 3.05) is 6.54 Å². The van der Waals surface area contributed by atoms with Gasteiger partial charge < -0.3 is 10.6 Å². The summed E-state index contributed by atoms with van der Waals surface area (Å²) < 4.78 is 51.3. The van der Waals surface area contributed by atoms with Gasteiger partial charge in [-0.3, -0.25) is 9.59 Å². The normalized spacial score (nSPS) is 12.4. The van der Waals surface area contributed by atoms with Crippen LogP contribution in [0, 0.1) is 5.82 Å². The summed E-state index contributed by atoms with van der Waals surface area (Å²) in [5, 5.41) is 5.00. The van der Waals surface area contributed by atoms with Crippen LogP contribution in [0.5, 0.6) is 0 Å². The Morgan fingerprint density at radius 2 is 1.86 bits per heavy atom. The van der Waals surface area contributed by atoms with Gasteiger partial charge in [-0.05, 0) is 42.8 Å². The quantitative estimate of drug-likeness (QED) is 0.681. The molecule has 0 bridgehead atoms. The predicted octanol–water partition coefficient (Wildman–Crippen LogP) is 4.50. The van der Waals surface area contributed by atoms with Gasteiger partial charge in [-0.2, -0.15) is 13.2 Å². The first kappa shape index (κ1) is 21.7. The van der Waals surface area contributed by atoms with Crippen LogP contribution in [0.3, 0.4) is 0 Å². The molecule has 0 radical (unpaired) electrons. The summed E-state index contributed by atoms with van der Waals surface area (Å²) >= 11 is 5.79. The third-order valence-corrected chi connectivity index (χ3v) is 4.22. The number of alkyl halides is 3. The average molecular weight is 417 g/mol. The molecule has 2 N–H and O–H groups in total. The average Bonchev–Trinajstić information content (AvgIpc) is 2.60. The lowest BCUT2D eigenvalue weighted by molar-refractivity contribution is -0.137. The van der Waals surface area contributed by atoms with Crippen LogP contribution in [0.4, 0.5) is 17.6 Å². The fourth-order valence-corrected chi connectivity index (χ4v) is 2.69. The molecule has 0 unspecified atom stereocenters. The fraction of sp³-hybridized carbons (Fsp3) is 0.263. The highest BCUT2D eigenvalue weighted by Crippen LogP contribution is 2.30. The highest BCUT2D eigenvalue weighted by Gasteiger charge is 2.30. The smallest absolute Gasteiger partial charge is 0.351 e. The van der Waals surface area contributed by atoms with Gasteiger partial charge in [0.15, 0.2) is 0 Å². The van der Waals surface area contributed by atoms with Crippen molar-refractivity contribution in [3.05, 3.63) is 70.0 Å². The molecule has 2 amide bonds. The van der Waals surface area contributed by atoms with Crippen LogP contribution >= 0.6 is 11.6 Å². The monoisotopic (exact) mass is 416 g/mol. The van der Waals surface area contributed by atoms with E-state index in [0.29, 0.717) is 5.56 Å². The fourth-order valence-electron chi connectivity index (χ4n) is 2.44. The highest BCUT2D eigenvalue weighted by molar-refractivity contribution is 6.33. The maximum absolute atomic E-state index is 13.0. The van der Waals surface area contributed by atoms with Crippen LogP contribution in [-0.2, 0) is 11.0 Å². The first-order chi connectivity index (χ1) is 13.1. The van der Waals surface area contributed by atoms with Crippen LogP contribution in [-0.4, -0.2) is 18.4 Å². The molecule has 2 aromatic rings. The molecule has 28 heavy (non-hydrogen) atoms. The zero-order valence-electron chi connectivity index (χ0n) is 14.7. The molecule has 2 aromatic carbocycles. The number of benzene rings is 2. The van der Waals surface area contributed by atoms with Crippen molar-refractivity contribution in [1.29, 1.82) is 0 Å². The number of hydrogen-bond acceptors (Lipinski definition) is 2. The Labute approximate surface area is 163 Å². The van der Waals surface area contributed by atoms with E-state index in [1.165, 1.54) is 18.2 Å². The van der Waals surface area contributed by atoms with Gasteiger partial charge in [0.2, 0.25) is 5.91 Å². The summed E-state index contributed by atoms with van der Waals surface area (Å²) in [6.45, 7) is 1.54. The molecule has 0 aromatic heterocycles. The lowest BCUT2D eigenvalue weighted by atomic mass is 10.0. The second-order valence-electron chi connectivity index (χ2n) is 6.04. The van der Waals surface area contributed by atoms with E-state index in [1.54, 1.807) is 6.92 Å². The topological polar surface area (TPSA) is 58.2 Å². The largest absolute Gasteiger partial charge is 0.416 e. The maximum atomic E-state index is 13.0. The Morgan fingerprint density at radius 3 is 2.50 bits per heavy atom. The lowest BCUT2D eigenvalue weighted by Crippen LogP contribution is -2.32. The molecule has 0 aliphatic carbocycles. The molecule has 0 aliphatic rings. The van der Waals surface area contributed by atoms with Crippen molar-refractivity contribution in [3.8, 4) is 0 Å². The molecule has 0 fully saturated rings. The Hall–Kier alpha value is -2.61. The number of carbonyl (C=O) groups is 2. The zero-order chi connectivity index (χ0) is 20.9. The molecule has 0 spiro atoms. The van der Waals surface area contributed by atoms with Gasteiger partial charge in [-0.15, -0.1) is 0 Å². The number of halogens is 5. The van der Waals surface area contributed by atoms with Gasteiger partial charge >= 0.3 is 6.18 Å². The highest BCUT2D eigenvalue weighted by atomic mass is 35.5. The molecular formula is C19H17ClF4N2O2. The van der Waals surface area contributed by atoms with E-state index in [2.05, 4.69) is 10.6 Å². The zero-order valence-corrected chi connectivity index (χ0v) is 15.5. The molecule has 0 saturated heterocycles. The first-order valence-corrected chi connectivity index (χ1v) is 8.65. The molecule has 0 saturated carbocycles. The minimum atomic E-state index is -4.47. The first-order valence-electron chi connectivity index (χ1n) is 8.27. The van der Waals surface area contributed by atoms with Crippen LogP contribution in [0.15, 0.2) is 42.5 Å². The minimum absolute atomic E-state index is 0.0202. The molecule has 4 nitrogen and oxygen atoms in total. The summed E-state index contributed by atoms with van der Waals surface area (Å²) in [7, 11) is 0. The summed E-state index contributed by atoms with van der Waals surface area (Å²) in [6.07, 6.45) is -4.56. The summed E-state index contributed by atoms with van der Waals surface area (Å²) in [5.41, 5.74) is -0.416.